The lowest BCUT2D eigenvalue weighted by molar-refractivity contribution is 0.0997. The van der Waals surface area contributed by atoms with E-state index < -0.39 is 5.91 Å². The summed E-state index contributed by atoms with van der Waals surface area (Å²) in [7, 11) is 1.55. The Morgan fingerprint density at radius 1 is 0.970 bits per heavy atom. The van der Waals surface area contributed by atoms with Crippen LogP contribution in [0, 0.1) is 0 Å². The molecule has 1 N–H and O–H groups in total. The third-order valence-electron chi connectivity index (χ3n) is 5.02. The number of furan rings is 1. The van der Waals surface area contributed by atoms with Gasteiger partial charge in [-0.1, -0.05) is 35.3 Å². The fourth-order valence-electron chi connectivity index (χ4n) is 3.38. The van der Waals surface area contributed by atoms with Gasteiger partial charge in [0, 0.05) is 11.1 Å². The van der Waals surface area contributed by atoms with Gasteiger partial charge in [0.15, 0.2) is 5.76 Å². The number of hydrogen-bond donors (Lipinski definition) is 1. The van der Waals surface area contributed by atoms with Gasteiger partial charge in [0.1, 0.15) is 16.5 Å². The number of halogens is 2. The van der Waals surface area contributed by atoms with Crippen molar-refractivity contribution in [3.8, 4) is 27.6 Å². The second kappa shape index (κ2) is 8.90. The van der Waals surface area contributed by atoms with E-state index in [1.165, 1.54) is 0 Å². The van der Waals surface area contributed by atoms with E-state index >= 15 is 0 Å². The zero-order valence-corrected chi connectivity index (χ0v) is 19.6. The van der Waals surface area contributed by atoms with Gasteiger partial charge in [0.2, 0.25) is 0 Å². The molecule has 0 fully saturated rings. The van der Waals surface area contributed by atoms with E-state index in [9.17, 15) is 4.79 Å². The fraction of sp³-hybridized carbons (Fsp3) is 0.0400. The number of fused-ring (bicyclic) bond motifs is 1. The molecule has 0 aliphatic heterocycles. The van der Waals surface area contributed by atoms with Crippen LogP contribution < -0.4 is 10.1 Å². The second-order valence-corrected chi connectivity index (χ2v) is 8.99. The van der Waals surface area contributed by atoms with Crippen LogP contribution >= 0.6 is 34.5 Å². The Morgan fingerprint density at radius 2 is 1.79 bits per heavy atom. The zero-order valence-electron chi connectivity index (χ0n) is 17.3. The number of hydrogen-bond acceptors (Lipinski definition) is 5. The van der Waals surface area contributed by atoms with Crippen molar-refractivity contribution in [2.24, 2.45) is 0 Å². The number of anilines is 1. The van der Waals surface area contributed by atoms with E-state index in [0.717, 1.165) is 26.4 Å². The van der Waals surface area contributed by atoms with Crippen molar-refractivity contribution in [3.63, 3.8) is 0 Å². The van der Waals surface area contributed by atoms with Crippen molar-refractivity contribution in [3.05, 3.63) is 88.6 Å². The molecule has 0 saturated heterocycles. The Kier molecular flexibility index (Phi) is 5.81. The summed E-state index contributed by atoms with van der Waals surface area (Å²) >= 11 is 13.7. The standard InChI is InChI=1S/C25H16Cl2N2O3S/c1-31-21-9-7-15(25-29-18-4-2-3-5-23(18)33-25)13-19(21)28-24(30)22-11-10-20(32-22)14-6-8-16(26)17(27)12-14/h2-13H,1H3,(H,28,30). The average Bonchev–Trinajstić information content (AvgIpc) is 3.48. The molecule has 1 amide bonds. The van der Waals surface area contributed by atoms with E-state index in [2.05, 4.69) is 5.32 Å². The Bertz CT molecular complexity index is 1460. The number of aromatic nitrogens is 1. The summed E-state index contributed by atoms with van der Waals surface area (Å²) in [6.07, 6.45) is 0. The van der Waals surface area contributed by atoms with Crippen LogP contribution in [0.5, 0.6) is 5.75 Å². The third-order valence-corrected chi connectivity index (χ3v) is 6.85. The molecular weight excluding hydrogens is 479 g/mol. The maximum atomic E-state index is 12.9. The van der Waals surface area contributed by atoms with Crippen LogP contribution in [-0.4, -0.2) is 18.0 Å². The van der Waals surface area contributed by atoms with Crippen LogP contribution in [0.25, 0.3) is 32.1 Å². The maximum absolute atomic E-state index is 12.9. The minimum atomic E-state index is -0.402. The molecule has 0 aliphatic rings. The molecule has 5 aromatic rings. The van der Waals surface area contributed by atoms with E-state index in [1.54, 1.807) is 54.8 Å². The lowest BCUT2D eigenvalue weighted by atomic mass is 10.2. The highest BCUT2D eigenvalue weighted by Crippen LogP contribution is 2.35. The predicted molar refractivity (Wildman–Crippen MR) is 134 cm³/mol. The Labute approximate surface area is 203 Å². The van der Waals surface area contributed by atoms with Crippen LogP contribution in [-0.2, 0) is 0 Å². The number of rotatable bonds is 5. The molecule has 0 unspecified atom stereocenters. The summed E-state index contributed by atoms with van der Waals surface area (Å²) in [6, 6.07) is 22.0. The molecule has 2 aromatic heterocycles. The number of nitrogens with one attached hydrogen (secondary N) is 1. The smallest absolute Gasteiger partial charge is 0.291 e. The summed E-state index contributed by atoms with van der Waals surface area (Å²) in [5.41, 5.74) is 3.05. The number of methoxy groups -OCH3 is 1. The van der Waals surface area contributed by atoms with E-state index in [-0.39, 0.29) is 5.76 Å². The van der Waals surface area contributed by atoms with Crippen LogP contribution in [0.4, 0.5) is 5.69 Å². The number of ether oxygens (including phenoxy) is 1. The van der Waals surface area contributed by atoms with Crippen molar-refractivity contribution >= 4 is 56.3 Å². The van der Waals surface area contributed by atoms with E-state index in [4.69, 9.17) is 37.3 Å². The summed E-state index contributed by atoms with van der Waals surface area (Å²) < 4.78 is 12.3. The van der Waals surface area contributed by atoms with Crippen LogP contribution in [0.2, 0.25) is 10.0 Å². The first kappa shape index (κ1) is 21.5. The summed E-state index contributed by atoms with van der Waals surface area (Å²) in [6.45, 7) is 0. The molecule has 0 radical (unpaired) electrons. The number of carbonyl (C=O) groups excluding carboxylic acids is 1. The summed E-state index contributed by atoms with van der Waals surface area (Å²) in [5.74, 6) is 0.794. The molecule has 33 heavy (non-hydrogen) atoms. The molecule has 0 bridgehead atoms. The minimum absolute atomic E-state index is 0.156. The molecule has 164 valence electrons. The monoisotopic (exact) mass is 494 g/mol. The van der Waals surface area contributed by atoms with Gasteiger partial charge in [-0.3, -0.25) is 4.79 Å². The molecule has 5 rings (SSSR count). The highest BCUT2D eigenvalue weighted by atomic mass is 35.5. The molecule has 0 spiro atoms. The van der Waals surface area contributed by atoms with Gasteiger partial charge >= 0.3 is 0 Å². The fourth-order valence-corrected chi connectivity index (χ4v) is 4.64. The van der Waals surface area contributed by atoms with E-state index in [0.29, 0.717) is 27.2 Å². The number of para-hydroxylation sites is 1. The van der Waals surface area contributed by atoms with Crippen LogP contribution in [0.15, 0.2) is 77.2 Å². The molecule has 5 nitrogen and oxygen atoms in total. The van der Waals surface area contributed by atoms with Crippen molar-refractivity contribution in [1.82, 2.24) is 4.98 Å². The Hall–Kier alpha value is -3.32. The Morgan fingerprint density at radius 3 is 2.58 bits per heavy atom. The number of amides is 1. The molecular formula is C25H16Cl2N2O3S. The minimum Gasteiger partial charge on any atom is -0.495 e. The van der Waals surface area contributed by atoms with Gasteiger partial charge in [0.25, 0.3) is 5.91 Å². The van der Waals surface area contributed by atoms with Crippen molar-refractivity contribution in [1.29, 1.82) is 0 Å². The van der Waals surface area contributed by atoms with Gasteiger partial charge in [0.05, 0.1) is 33.1 Å². The van der Waals surface area contributed by atoms with Crippen LogP contribution in [0.1, 0.15) is 10.6 Å². The van der Waals surface area contributed by atoms with Gasteiger partial charge in [-0.25, -0.2) is 4.98 Å². The van der Waals surface area contributed by atoms with Gasteiger partial charge in [-0.05, 0) is 60.7 Å². The largest absolute Gasteiger partial charge is 0.495 e. The van der Waals surface area contributed by atoms with Gasteiger partial charge in [-0.2, -0.15) is 0 Å². The quantitative estimate of drug-likeness (QED) is 0.270. The second-order valence-electron chi connectivity index (χ2n) is 7.15. The first-order chi connectivity index (χ1) is 16.0. The molecule has 2 heterocycles. The van der Waals surface area contributed by atoms with E-state index in [1.807, 2.05) is 36.4 Å². The average molecular weight is 495 g/mol. The number of thiazole rings is 1. The first-order valence-electron chi connectivity index (χ1n) is 9.92. The normalized spacial score (nSPS) is 11.0. The molecule has 0 atom stereocenters. The highest BCUT2D eigenvalue weighted by molar-refractivity contribution is 7.21. The summed E-state index contributed by atoms with van der Waals surface area (Å²) in [5, 5.41) is 4.59. The van der Waals surface area contributed by atoms with Crippen molar-refractivity contribution in [2.75, 3.05) is 12.4 Å². The van der Waals surface area contributed by atoms with Gasteiger partial charge < -0.3 is 14.5 Å². The first-order valence-corrected chi connectivity index (χ1v) is 11.5. The molecule has 3 aromatic carbocycles. The Balaban J connectivity index is 1.42. The predicted octanol–water partition coefficient (Wildman–Crippen LogP) is 7.79. The summed E-state index contributed by atoms with van der Waals surface area (Å²) in [4.78, 5) is 17.6. The number of benzene rings is 3. The van der Waals surface area contributed by atoms with Crippen molar-refractivity contribution in [2.45, 2.75) is 0 Å². The SMILES string of the molecule is COc1ccc(-c2nc3ccccc3s2)cc1NC(=O)c1ccc(-c2ccc(Cl)c(Cl)c2)o1. The highest BCUT2D eigenvalue weighted by Gasteiger charge is 2.17. The molecule has 0 saturated carbocycles. The van der Waals surface area contributed by atoms with Crippen LogP contribution in [0.3, 0.4) is 0 Å². The lowest BCUT2D eigenvalue weighted by Gasteiger charge is -2.10. The van der Waals surface area contributed by atoms with Gasteiger partial charge in [-0.15, -0.1) is 11.3 Å². The maximum Gasteiger partial charge on any atom is 0.291 e. The molecule has 0 aliphatic carbocycles. The lowest BCUT2D eigenvalue weighted by Crippen LogP contribution is -2.11. The molecule has 8 heteroatoms. The number of nitrogens with zero attached hydrogens (tertiary/aromatic N) is 1. The topological polar surface area (TPSA) is 64.4 Å². The zero-order chi connectivity index (χ0) is 22.9. The third kappa shape index (κ3) is 4.33. The number of carbonyl (C=O) groups is 1. The van der Waals surface area contributed by atoms with Crippen molar-refractivity contribution < 1.29 is 13.9 Å².